The molecule has 3 rings (SSSR count). The molecule has 0 spiro atoms. The molecule has 0 atom stereocenters. The number of nitrogens with zero attached hydrogens (tertiary/aromatic N) is 2. The molecule has 2 aromatic carbocycles. The van der Waals surface area contributed by atoms with Crippen molar-refractivity contribution in [3.63, 3.8) is 0 Å². The van der Waals surface area contributed by atoms with Crippen LogP contribution in [0.15, 0.2) is 36.4 Å². The van der Waals surface area contributed by atoms with E-state index in [-0.39, 0.29) is 0 Å². The van der Waals surface area contributed by atoms with Crippen LogP contribution in [0.1, 0.15) is 13.3 Å². The lowest BCUT2D eigenvalue weighted by molar-refractivity contribution is 0.0374. The molecule has 2 aromatic rings. The highest BCUT2D eigenvalue weighted by Gasteiger charge is 2.40. The molecule has 0 saturated carbocycles. The van der Waals surface area contributed by atoms with E-state index in [1.165, 1.54) is 10.8 Å². The molecule has 18 heavy (non-hydrogen) atoms. The fraction of sp³-hybridized carbons (Fsp3) is 0.333. The van der Waals surface area contributed by atoms with Crippen LogP contribution >= 0.6 is 0 Å². The Morgan fingerprint density at radius 3 is 1.94 bits per heavy atom. The topological polar surface area (TPSA) is 26.7 Å². The zero-order valence-electron chi connectivity index (χ0n) is 11.0. The summed E-state index contributed by atoms with van der Waals surface area (Å²) in [5.74, 6) is -0.956. The molecule has 0 saturated heterocycles. The van der Waals surface area contributed by atoms with Gasteiger partial charge < -0.3 is 14.9 Å². The van der Waals surface area contributed by atoms with Gasteiger partial charge in [-0.15, -0.1) is 0 Å². The van der Waals surface area contributed by atoms with Gasteiger partial charge in [0.1, 0.15) is 0 Å². The summed E-state index contributed by atoms with van der Waals surface area (Å²) in [6.45, 7) is 2.00. The van der Waals surface area contributed by atoms with Gasteiger partial charge in [0.25, 0.3) is 0 Å². The highest BCUT2D eigenvalue weighted by molar-refractivity contribution is 6.05. The number of benzene rings is 2. The molecule has 1 heterocycles. The summed E-state index contributed by atoms with van der Waals surface area (Å²) in [6, 6.07) is 12.4. The predicted octanol–water partition coefficient (Wildman–Crippen LogP) is 2.78. The van der Waals surface area contributed by atoms with Gasteiger partial charge in [-0.1, -0.05) is 31.2 Å². The molecular weight excluding hydrogens is 224 g/mol. The van der Waals surface area contributed by atoms with Crippen LogP contribution in [-0.2, 0) is 0 Å². The van der Waals surface area contributed by atoms with Crippen molar-refractivity contribution < 1.29 is 5.11 Å². The largest absolute Gasteiger partial charge is 0.354 e. The third-order valence-corrected chi connectivity index (χ3v) is 4.13. The Labute approximate surface area is 107 Å². The van der Waals surface area contributed by atoms with Crippen LogP contribution in [0.25, 0.3) is 10.8 Å². The molecule has 1 aliphatic rings. The van der Waals surface area contributed by atoms with E-state index in [2.05, 4.69) is 24.3 Å². The first-order valence-electron chi connectivity index (χ1n) is 6.31. The quantitative estimate of drug-likeness (QED) is 0.833. The maximum atomic E-state index is 10.9. The first-order chi connectivity index (χ1) is 8.59. The minimum Gasteiger partial charge on any atom is -0.354 e. The van der Waals surface area contributed by atoms with E-state index < -0.39 is 5.85 Å². The Morgan fingerprint density at radius 2 is 1.50 bits per heavy atom. The van der Waals surface area contributed by atoms with Crippen LogP contribution in [0.3, 0.4) is 0 Å². The van der Waals surface area contributed by atoms with Crippen LogP contribution in [0.2, 0.25) is 0 Å². The van der Waals surface area contributed by atoms with Gasteiger partial charge in [0.05, 0.1) is 11.4 Å². The molecule has 3 heteroatoms. The second kappa shape index (κ2) is 3.62. The van der Waals surface area contributed by atoms with Crippen molar-refractivity contribution in [2.75, 3.05) is 23.9 Å². The van der Waals surface area contributed by atoms with Crippen LogP contribution in [0.4, 0.5) is 11.4 Å². The van der Waals surface area contributed by atoms with Crippen molar-refractivity contribution in [2.45, 2.75) is 19.2 Å². The number of hydrogen-bond donors (Lipinski definition) is 1. The Morgan fingerprint density at radius 1 is 1.00 bits per heavy atom. The van der Waals surface area contributed by atoms with Crippen LogP contribution < -0.4 is 9.80 Å². The zero-order valence-corrected chi connectivity index (χ0v) is 11.0. The van der Waals surface area contributed by atoms with E-state index in [9.17, 15) is 5.11 Å². The first-order valence-corrected chi connectivity index (χ1v) is 6.31. The lowest BCUT2D eigenvalue weighted by Crippen LogP contribution is -2.60. The van der Waals surface area contributed by atoms with Crippen molar-refractivity contribution >= 4 is 22.1 Å². The molecule has 0 aliphatic carbocycles. The Bertz CT molecular complexity index is 564. The molecular formula is C15H18N2O. The molecule has 0 amide bonds. The number of anilines is 2. The Hall–Kier alpha value is -1.74. The molecule has 3 nitrogen and oxygen atoms in total. The summed E-state index contributed by atoms with van der Waals surface area (Å²) in [7, 11) is 3.90. The summed E-state index contributed by atoms with van der Waals surface area (Å²) >= 11 is 0. The van der Waals surface area contributed by atoms with Crippen LogP contribution in [0.5, 0.6) is 0 Å². The minimum absolute atomic E-state index is 0.644. The van der Waals surface area contributed by atoms with Gasteiger partial charge in [-0.25, -0.2) is 0 Å². The number of aliphatic hydroxyl groups is 1. The summed E-state index contributed by atoms with van der Waals surface area (Å²) in [4.78, 5) is 3.92. The minimum atomic E-state index is -0.956. The second-order valence-corrected chi connectivity index (χ2v) is 4.90. The van der Waals surface area contributed by atoms with E-state index in [1.54, 1.807) is 0 Å². The molecule has 0 fully saturated rings. The fourth-order valence-electron chi connectivity index (χ4n) is 2.95. The SMILES string of the molecule is CCC1(O)N(C)c2cccc3cccc(c23)N1C. The third kappa shape index (κ3) is 1.22. The van der Waals surface area contributed by atoms with E-state index >= 15 is 0 Å². The molecule has 0 bridgehead atoms. The lowest BCUT2D eigenvalue weighted by Gasteiger charge is -2.49. The maximum absolute atomic E-state index is 10.9. The van der Waals surface area contributed by atoms with E-state index in [0.29, 0.717) is 6.42 Å². The third-order valence-electron chi connectivity index (χ3n) is 4.13. The average molecular weight is 242 g/mol. The molecule has 0 radical (unpaired) electrons. The first kappa shape index (κ1) is 11.4. The predicted molar refractivity (Wildman–Crippen MR) is 76.0 cm³/mol. The standard InChI is InChI=1S/C15H18N2O/c1-4-15(18)16(2)12-9-5-7-11-8-6-10-13(14(11)12)17(15)3/h5-10,18H,4H2,1-3H3. The normalized spacial score (nSPS) is 17.3. The van der Waals surface area contributed by atoms with Gasteiger partial charge in [-0.3, -0.25) is 0 Å². The number of hydrogen-bond acceptors (Lipinski definition) is 3. The Kier molecular flexibility index (Phi) is 2.29. The van der Waals surface area contributed by atoms with Gasteiger partial charge in [0.15, 0.2) is 0 Å². The molecule has 0 aromatic heterocycles. The summed E-state index contributed by atoms with van der Waals surface area (Å²) in [5, 5.41) is 13.3. The van der Waals surface area contributed by atoms with Crippen LogP contribution in [-0.4, -0.2) is 25.1 Å². The van der Waals surface area contributed by atoms with Gasteiger partial charge in [0, 0.05) is 25.9 Å². The van der Waals surface area contributed by atoms with Crippen LogP contribution in [0, 0.1) is 0 Å². The van der Waals surface area contributed by atoms with Crippen molar-refractivity contribution in [1.29, 1.82) is 0 Å². The number of rotatable bonds is 1. The molecule has 0 unspecified atom stereocenters. The second-order valence-electron chi connectivity index (χ2n) is 4.90. The average Bonchev–Trinajstić information content (AvgIpc) is 2.42. The monoisotopic (exact) mass is 242 g/mol. The van der Waals surface area contributed by atoms with Crippen molar-refractivity contribution in [3.05, 3.63) is 36.4 Å². The molecule has 1 aliphatic heterocycles. The lowest BCUT2D eigenvalue weighted by atomic mass is 10.00. The van der Waals surface area contributed by atoms with Crippen molar-refractivity contribution in [3.8, 4) is 0 Å². The maximum Gasteiger partial charge on any atom is 0.218 e. The van der Waals surface area contributed by atoms with Crippen molar-refractivity contribution in [1.82, 2.24) is 0 Å². The Balaban J connectivity index is 2.39. The van der Waals surface area contributed by atoms with Gasteiger partial charge in [0.2, 0.25) is 5.85 Å². The van der Waals surface area contributed by atoms with E-state index in [0.717, 1.165) is 11.4 Å². The fourth-order valence-corrected chi connectivity index (χ4v) is 2.95. The van der Waals surface area contributed by atoms with Gasteiger partial charge in [-0.2, -0.15) is 0 Å². The summed E-state index contributed by atoms with van der Waals surface area (Å²) < 4.78 is 0. The van der Waals surface area contributed by atoms with Gasteiger partial charge >= 0.3 is 0 Å². The smallest absolute Gasteiger partial charge is 0.218 e. The van der Waals surface area contributed by atoms with Gasteiger partial charge in [-0.05, 0) is 17.5 Å². The van der Waals surface area contributed by atoms with E-state index in [1.807, 2.05) is 43.0 Å². The summed E-state index contributed by atoms with van der Waals surface area (Å²) in [6.07, 6.45) is 0.644. The highest BCUT2D eigenvalue weighted by Crippen LogP contribution is 2.44. The van der Waals surface area contributed by atoms with E-state index in [4.69, 9.17) is 0 Å². The van der Waals surface area contributed by atoms with Crippen molar-refractivity contribution in [2.24, 2.45) is 0 Å². The molecule has 94 valence electrons. The molecule has 1 N–H and O–H groups in total. The zero-order chi connectivity index (χ0) is 12.9. The summed E-state index contributed by atoms with van der Waals surface area (Å²) in [5.41, 5.74) is 2.18. The highest BCUT2D eigenvalue weighted by atomic mass is 16.3.